The molecule has 0 atom stereocenters. The number of aromatic nitrogens is 5. The zero-order valence-corrected chi connectivity index (χ0v) is 49.4. The Morgan fingerprint density at radius 1 is 0.227 bits per heavy atom. The van der Waals surface area contributed by atoms with Gasteiger partial charge in [0.15, 0.2) is 5.82 Å². The van der Waals surface area contributed by atoms with Gasteiger partial charge in [-0.15, -0.1) is 34.0 Å². The molecule has 7 aromatic heterocycles. The van der Waals surface area contributed by atoms with Crippen LogP contribution in [0, 0.1) is 0 Å². The van der Waals surface area contributed by atoms with Gasteiger partial charge in [0, 0.05) is 126 Å². The van der Waals surface area contributed by atoms with Crippen LogP contribution >= 0.6 is 34.0 Å². The highest BCUT2D eigenvalue weighted by molar-refractivity contribution is 7.27. The van der Waals surface area contributed by atoms with E-state index in [1.54, 1.807) is 0 Å². The van der Waals surface area contributed by atoms with E-state index >= 15 is 0 Å². The molecule has 13 aromatic carbocycles. The van der Waals surface area contributed by atoms with Crippen molar-refractivity contribution in [1.82, 2.24) is 23.7 Å². The van der Waals surface area contributed by atoms with E-state index in [1.165, 1.54) is 126 Å². The molecule has 5 nitrogen and oxygen atoms in total. The van der Waals surface area contributed by atoms with E-state index in [0.717, 1.165) is 55.9 Å². The summed E-state index contributed by atoms with van der Waals surface area (Å²) in [5.41, 5.74) is 16.3. The summed E-state index contributed by atoms with van der Waals surface area (Å²) in [6.45, 7) is 0. The van der Waals surface area contributed by atoms with Crippen molar-refractivity contribution in [2.45, 2.75) is 0 Å². The highest BCUT2D eigenvalue weighted by atomic mass is 32.1. The van der Waals surface area contributed by atoms with Crippen LogP contribution in [0.25, 0.3) is 188 Å². The van der Waals surface area contributed by atoms with Crippen LogP contribution in [0.1, 0.15) is 0 Å². The first-order valence-electron chi connectivity index (χ1n) is 29.8. The van der Waals surface area contributed by atoms with Gasteiger partial charge in [0.05, 0.1) is 44.3 Å². The van der Waals surface area contributed by atoms with E-state index in [0.29, 0.717) is 5.82 Å². The molecule has 20 aromatic rings. The average Bonchev–Trinajstić information content (AvgIpc) is 1.69. The van der Waals surface area contributed by atoms with Crippen LogP contribution in [0.15, 0.2) is 273 Å². The summed E-state index contributed by atoms with van der Waals surface area (Å²) in [6, 6.07) is 100. The summed E-state index contributed by atoms with van der Waals surface area (Å²) < 4.78 is 15.1. The predicted molar refractivity (Wildman–Crippen MR) is 378 cm³/mol. The number of fused-ring (bicyclic) bond motifs is 22. The summed E-state index contributed by atoms with van der Waals surface area (Å²) in [5.74, 6) is 0.674. The third kappa shape index (κ3) is 6.90. The molecule has 0 saturated heterocycles. The monoisotopic (exact) mass is 1170 g/mol. The molecule has 0 N–H and O–H groups in total. The van der Waals surface area contributed by atoms with Gasteiger partial charge in [0.2, 0.25) is 0 Å². The second-order valence-electron chi connectivity index (χ2n) is 23.1. The molecule has 0 aliphatic heterocycles. The summed E-state index contributed by atoms with van der Waals surface area (Å²) in [7, 11) is 0. The first-order chi connectivity index (χ1) is 43.6. The maximum Gasteiger partial charge on any atom is 0.160 e. The second-order valence-corrected chi connectivity index (χ2v) is 26.4. The molecular formula is C80H45N5S3. The minimum atomic E-state index is 0.674. The van der Waals surface area contributed by atoms with Gasteiger partial charge in [-0.2, -0.15) is 0 Å². The zero-order valence-electron chi connectivity index (χ0n) is 46.9. The molecule has 0 fully saturated rings. The van der Waals surface area contributed by atoms with Crippen LogP contribution in [-0.2, 0) is 0 Å². The Kier molecular flexibility index (Phi) is 10.1. The maximum atomic E-state index is 5.66. The van der Waals surface area contributed by atoms with Gasteiger partial charge in [0.25, 0.3) is 0 Å². The Balaban J connectivity index is 0.749. The van der Waals surface area contributed by atoms with Crippen LogP contribution in [0.5, 0.6) is 0 Å². The predicted octanol–water partition coefficient (Wildman–Crippen LogP) is 23.0. The molecule has 0 unspecified atom stereocenters. The number of hydrogen-bond donors (Lipinski definition) is 0. The minimum Gasteiger partial charge on any atom is -0.309 e. The lowest BCUT2D eigenvalue weighted by molar-refractivity contribution is 1.17. The number of nitrogens with zero attached hydrogens (tertiary/aromatic N) is 5. The van der Waals surface area contributed by atoms with E-state index in [9.17, 15) is 0 Å². The molecular weight excluding hydrogens is 1130 g/mol. The number of benzene rings is 13. The molecule has 0 spiro atoms. The highest BCUT2D eigenvalue weighted by Gasteiger charge is 2.23. The number of hydrogen-bond acceptors (Lipinski definition) is 5. The van der Waals surface area contributed by atoms with Crippen molar-refractivity contribution < 1.29 is 0 Å². The van der Waals surface area contributed by atoms with Gasteiger partial charge in [-0.25, -0.2) is 9.97 Å². The zero-order chi connectivity index (χ0) is 57.3. The fourth-order valence-electron chi connectivity index (χ4n) is 14.7. The molecule has 88 heavy (non-hydrogen) atoms. The fraction of sp³-hybridized carbons (Fsp3) is 0. The van der Waals surface area contributed by atoms with Crippen molar-refractivity contribution in [2.75, 3.05) is 0 Å². The third-order valence-electron chi connectivity index (χ3n) is 18.4. The summed E-state index contributed by atoms with van der Waals surface area (Å²) >= 11 is 5.61. The van der Waals surface area contributed by atoms with Crippen molar-refractivity contribution in [2.24, 2.45) is 0 Å². The topological polar surface area (TPSA) is 40.6 Å². The number of rotatable bonds is 6. The molecule has 20 rings (SSSR count). The van der Waals surface area contributed by atoms with Crippen LogP contribution in [0.2, 0.25) is 0 Å². The molecule has 0 radical (unpaired) electrons. The molecule has 0 bridgehead atoms. The third-order valence-corrected chi connectivity index (χ3v) is 21.9. The fourth-order valence-corrected chi connectivity index (χ4v) is 18.0. The van der Waals surface area contributed by atoms with Crippen molar-refractivity contribution in [1.29, 1.82) is 0 Å². The molecule has 0 saturated carbocycles. The lowest BCUT2D eigenvalue weighted by Gasteiger charge is -2.14. The number of thiophene rings is 3. The Morgan fingerprint density at radius 3 is 1.11 bits per heavy atom. The molecule has 0 aliphatic rings. The Labute approximate surface area is 514 Å². The molecule has 7 heterocycles. The van der Waals surface area contributed by atoms with Crippen molar-refractivity contribution in [3.8, 4) is 50.8 Å². The largest absolute Gasteiger partial charge is 0.309 e. The molecule has 0 amide bonds. The van der Waals surface area contributed by atoms with E-state index in [4.69, 9.17) is 9.97 Å². The average molecular weight is 1170 g/mol. The van der Waals surface area contributed by atoms with Crippen molar-refractivity contribution in [3.63, 3.8) is 0 Å². The first-order valence-corrected chi connectivity index (χ1v) is 32.2. The molecule has 0 aliphatic carbocycles. The van der Waals surface area contributed by atoms with Crippen LogP contribution < -0.4 is 0 Å². The minimum absolute atomic E-state index is 0.674. The van der Waals surface area contributed by atoms with Crippen molar-refractivity contribution in [3.05, 3.63) is 273 Å². The molecule has 408 valence electrons. The van der Waals surface area contributed by atoms with E-state index in [-0.39, 0.29) is 0 Å². The summed E-state index contributed by atoms with van der Waals surface area (Å²) in [6.07, 6.45) is 0. The van der Waals surface area contributed by atoms with Gasteiger partial charge in [-0.3, -0.25) is 0 Å². The second kappa shape index (κ2) is 18.4. The maximum absolute atomic E-state index is 5.66. The SMILES string of the molecule is c1cc(-c2nc(-c3ccc(-n4c5ccccc5c5c6c(ccc54)sc4ccccc46)cc3)nc3ccc(-c4ccc(-n5c6ccccc6c6c7c(ccc65)sc5ccccc57)cc4)cc23)cc(-n2c3ccccc3c3c4c(ccc32)sc2ccccc24)c1. The van der Waals surface area contributed by atoms with Gasteiger partial charge in [-0.1, -0.05) is 140 Å². The van der Waals surface area contributed by atoms with Gasteiger partial charge < -0.3 is 13.7 Å². The van der Waals surface area contributed by atoms with Crippen molar-refractivity contribution >= 4 is 171 Å². The van der Waals surface area contributed by atoms with Crippen LogP contribution in [-0.4, -0.2) is 23.7 Å². The van der Waals surface area contributed by atoms with E-state index < -0.39 is 0 Å². The van der Waals surface area contributed by atoms with Crippen LogP contribution in [0.4, 0.5) is 0 Å². The normalized spacial score (nSPS) is 12.3. The van der Waals surface area contributed by atoms with E-state index in [2.05, 4.69) is 287 Å². The Bertz CT molecular complexity index is 6370. The van der Waals surface area contributed by atoms with Gasteiger partial charge in [0.1, 0.15) is 0 Å². The van der Waals surface area contributed by atoms with Gasteiger partial charge >= 0.3 is 0 Å². The first kappa shape index (κ1) is 48.5. The highest BCUT2D eigenvalue weighted by Crippen LogP contribution is 2.48. The van der Waals surface area contributed by atoms with Crippen LogP contribution in [0.3, 0.4) is 0 Å². The Morgan fingerprint density at radius 2 is 0.636 bits per heavy atom. The smallest absolute Gasteiger partial charge is 0.160 e. The lowest BCUT2D eigenvalue weighted by Crippen LogP contribution is -1.98. The summed E-state index contributed by atoms with van der Waals surface area (Å²) in [4.78, 5) is 11.1. The molecule has 8 heteroatoms. The lowest BCUT2D eigenvalue weighted by atomic mass is 9.99. The quantitative estimate of drug-likeness (QED) is 0.166. The van der Waals surface area contributed by atoms with E-state index in [1.807, 2.05) is 34.0 Å². The number of para-hydroxylation sites is 3. The van der Waals surface area contributed by atoms with Gasteiger partial charge in [-0.05, 0) is 145 Å². The standard InChI is InChI=1S/C80H45N5S3/c1-7-22-61-53(16-1)73-64(38-41-70-76(73)56-19-4-10-25-67(56)86-70)83(61)50-33-28-46(29-34-50)48-32-37-60-59(45-48)79(49-14-13-15-52(44-49)85-63-24-9-3-18-55(63)75-66(85)40-43-72-78(75)58-21-6-12-27-69(58)88-72)82-80(81-60)47-30-35-51(36-31-47)84-62-23-8-2-17-54(62)74-65(84)39-42-71-77(74)57-20-5-11-26-68(57)87-71/h1-45H. The Hall–Kier alpha value is -10.7. The summed E-state index contributed by atoms with van der Waals surface area (Å²) in [5, 5.41) is 16.5.